The summed E-state index contributed by atoms with van der Waals surface area (Å²) in [5.41, 5.74) is 0. The van der Waals surface area contributed by atoms with Gasteiger partial charge < -0.3 is 16.4 Å². The SMILES string of the molecule is [CH2-]COc1ccc(OC)cc1.[W]. The zero-order valence-electron chi connectivity index (χ0n) is 6.95. The van der Waals surface area contributed by atoms with Crippen LogP contribution in [0.2, 0.25) is 0 Å². The Kier molecular flexibility index (Phi) is 5.82. The van der Waals surface area contributed by atoms with E-state index in [0.717, 1.165) is 11.5 Å². The first-order valence-corrected chi connectivity index (χ1v) is 3.43. The first-order valence-electron chi connectivity index (χ1n) is 3.43. The van der Waals surface area contributed by atoms with E-state index in [0.29, 0.717) is 6.61 Å². The molecule has 0 aliphatic heterocycles. The van der Waals surface area contributed by atoms with E-state index in [2.05, 4.69) is 6.92 Å². The van der Waals surface area contributed by atoms with Gasteiger partial charge in [-0.2, -0.15) is 0 Å². The number of methoxy groups -OCH3 is 1. The van der Waals surface area contributed by atoms with E-state index < -0.39 is 0 Å². The molecule has 1 aromatic rings. The molecular weight excluding hydrogens is 324 g/mol. The molecule has 0 bridgehead atoms. The van der Waals surface area contributed by atoms with E-state index in [-0.39, 0.29) is 21.1 Å². The summed E-state index contributed by atoms with van der Waals surface area (Å²) < 4.78 is 10.1. The largest absolute Gasteiger partial charge is 0.525 e. The van der Waals surface area contributed by atoms with Crippen LogP contribution in [0.1, 0.15) is 0 Å². The fourth-order valence-electron chi connectivity index (χ4n) is 0.790. The van der Waals surface area contributed by atoms with E-state index in [1.807, 2.05) is 24.3 Å². The molecule has 66 valence electrons. The van der Waals surface area contributed by atoms with Crippen LogP contribution < -0.4 is 9.47 Å². The number of ether oxygens (including phenoxy) is 2. The number of hydrogen-bond acceptors (Lipinski definition) is 2. The van der Waals surface area contributed by atoms with Gasteiger partial charge in [0.1, 0.15) is 11.5 Å². The molecule has 0 aliphatic carbocycles. The van der Waals surface area contributed by atoms with E-state index in [9.17, 15) is 0 Å². The Morgan fingerprint density at radius 2 is 1.67 bits per heavy atom. The summed E-state index contributed by atoms with van der Waals surface area (Å²) in [6.07, 6.45) is 0. The maximum atomic E-state index is 5.14. The second-order valence-corrected chi connectivity index (χ2v) is 2.02. The van der Waals surface area contributed by atoms with Gasteiger partial charge in [0, 0.05) is 21.1 Å². The summed E-state index contributed by atoms with van der Waals surface area (Å²) in [4.78, 5) is 0. The van der Waals surface area contributed by atoms with Gasteiger partial charge in [0.15, 0.2) is 0 Å². The monoisotopic (exact) mass is 335 g/mol. The van der Waals surface area contributed by atoms with Gasteiger partial charge in [-0.1, -0.05) is 0 Å². The second kappa shape index (κ2) is 6.07. The van der Waals surface area contributed by atoms with Gasteiger partial charge in [-0.05, 0) is 30.9 Å². The summed E-state index contributed by atoms with van der Waals surface area (Å²) in [7, 11) is 1.64. The van der Waals surface area contributed by atoms with Crippen LogP contribution in [0.3, 0.4) is 0 Å². The molecule has 0 unspecified atom stereocenters. The van der Waals surface area contributed by atoms with Crippen LogP contribution in [-0.2, 0) is 21.1 Å². The van der Waals surface area contributed by atoms with Gasteiger partial charge >= 0.3 is 0 Å². The molecule has 12 heavy (non-hydrogen) atoms. The average molecular weight is 335 g/mol. The van der Waals surface area contributed by atoms with Crippen LogP contribution in [0.15, 0.2) is 24.3 Å². The van der Waals surface area contributed by atoms with E-state index in [1.54, 1.807) is 7.11 Å². The van der Waals surface area contributed by atoms with Crippen LogP contribution in [0, 0.1) is 6.92 Å². The molecule has 0 saturated carbocycles. The van der Waals surface area contributed by atoms with Crippen molar-refractivity contribution in [2.75, 3.05) is 13.7 Å². The van der Waals surface area contributed by atoms with Crippen molar-refractivity contribution in [1.82, 2.24) is 0 Å². The van der Waals surface area contributed by atoms with Crippen LogP contribution in [0.5, 0.6) is 11.5 Å². The first kappa shape index (κ1) is 11.5. The number of benzene rings is 1. The molecule has 0 fully saturated rings. The smallest absolute Gasteiger partial charge is 0.119 e. The fraction of sp³-hybridized carbons (Fsp3) is 0.222. The Hall–Kier alpha value is -0.492. The standard InChI is InChI=1S/C9H11O2.W/c1-3-11-9-6-4-8(10-2)5-7-9;/h4-7H,1,3H2,2H3;/q-1;. The molecule has 0 aliphatic rings. The van der Waals surface area contributed by atoms with E-state index in [4.69, 9.17) is 9.47 Å². The van der Waals surface area contributed by atoms with Crippen molar-refractivity contribution in [2.24, 2.45) is 0 Å². The average Bonchev–Trinajstić information content (AvgIpc) is 2.07. The minimum absolute atomic E-state index is 0. The molecule has 3 heteroatoms. The molecule has 0 heterocycles. The van der Waals surface area contributed by atoms with Gasteiger partial charge in [0.05, 0.1) is 7.11 Å². The molecule has 0 spiro atoms. The molecule has 0 atom stereocenters. The summed E-state index contributed by atoms with van der Waals surface area (Å²) >= 11 is 0. The summed E-state index contributed by atoms with van der Waals surface area (Å²) in [5.74, 6) is 1.65. The maximum absolute atomic E-state index is 5.14. The van der Waals surface area contributed by atoms with Crippen LogP contribution in [-0.4, -0.2) is 13.7 Å². The molecule has 2 nitrogen and oxygen atoms in total. The third-order valence-corrected chi connectivity index (χ3v) is 1.33. The first-order chi connectivity index (χ1) is 5.36. The molecule has 1 aromatic carbocycles. The maximum Gasteiger partial charge on any atom is 0.119 e. The summed E-state index contributed by atoms with van der Waals surface area (Å²) in [6, 6.07) is 7.41. The van der Waals surface area contributed by atoms with E-state index >= 15 is 0 Å². The Labute approximate surface area is 87.1 Å². The van der Waals surface area contributed by atoms with Crippen LogP contribution in [0.4, 0.5) is 0 Å². The van der Waals surface area contributed by atoms with Crippen molar-refractivity contribution in [3.05, 3.63) is 31.2 Å². The third kappa shape index (κ3) is 3.27. The van der Waals surface area contributed by atoms with Crippen molar-refractivity contribution < 1.29 is 30.5 Å². The molecule has 0 N–H and O–H groups in total. The Morgan fingerprint density at radius 1 is 1.17 bits per heavy atom. The fourth-order valence-corrected chi connectivity index (χ4v) is 0.790. The van der Waals surface area contributed by atoms with Gasteiger partial charge in [-0.25, -0.2) is 0 Å². The van der Waals surface area contributed by atoms with Gasteiger partial charge in [0.2, 0.25) is 0 Å². The molecule has 0 saturated heterocycles. The van der Waals surface area contributed by atoms with E-state index in [1.165, 1.54) is 0 Å². The predicted octanol–water partition coefficient (Wildman–Crippen LogP) is 1.91. The molecule has 0 amide bonds. The Morgan fingerprint density at radius 3 is 2.08 bits per heavy atom. The normalized spacial score (nSPS) is 8.50. The zero-order chi connectivity index (χ0) is 8.10. The molecule has 1 rings (SSSR count). The molecular formula is C9H11O2W-. The predicted molar refractivity (Wildman–Crippen MR) is 43.8 cm³/mol. The second-order valence-electron chi connectivity index (χ2n) is 2.02. The van der Waals surface area contributed by atoms with Crippen molar-refractivity contribution in [3.63, 3.8) is 0 Å². The van der Waals surface area contributed by atoms with Gasteiger partial charge in [0.25, 0.3) is 0 Å². The van der Waals surface area contributed by atoms with Crippen LogP contribution in [0.25, 0.3) is 0 Å². The zero-order valence-corrected chi connectivity index (χ0v) is 9.88. The topological polar surface area (TPSA) is 18.5 Å². The quantitative estimate of drug-likeness (QED) is 0.786. The Balaban J connectivity index is 0.00000121. The van der Waals surface area contributed by atoms with Crippen molar-refractivity contribution in [2.45, 2.75) is 0 Å². The summed E-state index contributed by atoms with van der Waals surface area (Å²) in [6.45, 7) is 4.02. The minimum Gasteiger partial charge on any atom is -0.525 e. The minimum atomic E-state index is 0. The molecule has 0 radical (unpaired) electrons. The van der Waals surface area contributed by atoms with Crippen molar-refractivity contribution in [1.29, 1.82) is 0 Å². The van der Waals surface area contributed by atoms with Crippen molar-refractivity contribution in [3.8, 4) is 11.5 Å². The Bertz CT molecular complexity index is 208. The van der Waals surface area contributed by atoms with Gasteiger partial charge in [-0.3, -0.25) is 0 Å². The van der Waals surface area contributed by atoms with Crippen LogP contribution >= 0.6 is 0 Å². The van der Waals surface area contributed by atoms with Crippen molar-refractivity contribution >= 4 is 0 Å². The third-order valence-electron chi connectivity index (χ3n) is 1.33. The molecule has 0 aromatic heterocycles. The summed E-state index contributed by atoms with van der Waals surface area (Å²) in [5, 5.41) is 0. The number of rotatable bonds is 3. The number of hydrogen-bond donors (Lipinski definition) is 0. The van der Waals surface area contributed by atoms with Gasteiger partial charge in [-0.15, -0.1) is 0 Å².